The van der Waals surface area contributed by atoms with Crippen LogP contribution in [0.25, 0.3) is 0 Å². The fraction of sp³-hybridized carbons (Fsp3) is 0.909. The zero-order valence-electron chi connectivity index (χ0n) is 9.61. The van der Waals surface area contributed by atoms with E-state index in [4.69, 9.17) is 4.74 Å². The van der Waals surface area contributed by atoms with E-state index < -0.39 is 0 Å². The Balaban J connectivity index is 1.76. The van der Waals surface area contributed by atoms with Crippen molar-refractivity contribution in [1.29, 1.82) is 0 Å². The van der Waals surface area contributed by atoms with Crippen LogP contribution in [0.1, 0.15) is 12.8 Å². The van der Waals surface area contributed by atoms with Crippen molar-refractivity contribution in [3.05, 3.63) is 0 Å². The fourth-order valence-corrected chi connectivity index (χ4v) is 3.04. The zero-order valence-corrected chi connectivity index (χ0v) is 10.4. The Kier molecular flexibility index (Phi) is 4.93. The van der Waals surface area contributed by atoms with Crippen LogP contribution in [0, 0.1) is 0 Å². The van der Waals surface area contributed by atoms with Crippen LogP contribution >= 0.6 is 11.8 Å². The minimum Gasteiger partial charge on any atom is -0.380 e. The first-order valence-electron chi connectivity index (χ1n) is 6.03. The van der Waals surface area contributed by atoms with Gasteiger partial charge in [0, 0.05) is 50.2 Å². The predicted molar refractivity (Wildman–Crippen MR) is 65.7 cm³/mol. The van der Waals surface area contributed by atoms with E-state index >= 15 is 0 Å². The normalized spacial score (nSPS) is 27.5. The summed E-state index contributed by atoms with van der Waals surface area (Å²) in [5.74, 6) is 2.52. The molecule has 0 spiro atoms. The number of thioether (sulfide) groups is 1. The SMILES string of the molecule is O=C(CC1CSCCN1)N1CCCOCC1. The Morgan fingerprint density at radius 2 is 2.38 bits per heavy atom. The minimum atomic E-state index is 0.283. The van der Waals surface area contributed by atoms with Crippen molar-refractivity contribution in [1.82, 2.24) is 10.2 Å². The van der Waals surface area contributed by atoms with Crippen molar-refractivity contribution >= 4 is 17.7 Å². The van der Waals surface area contributed by atoms with E-state index in [9.17, 15) is 4.79 Å². The molecule has 92 valence electrons. The first-order valence-corrected chi connectivity index (χ1v) is 7.18. The van der Waals surface area contributed by atoms with Gasteiger partial charge in [-0.05, 0) is 6.42 Å². The summed E-state index contributed by atoms with van der Waals surface area (Å²) in [6.07, 6.45) is 1.62. The average molecular weight is 244 g/mol. The first-order chi connectivity index (χ1) is 7.86. The van der Waals surface area contributed by atoms with E-state index in [-0.39, 0.29) is 5.91 Å². The third kappa shape index (κ3) is 3.64. The largest absolute Gasteiger partial charge is 0.380 e. The van der Waals surface area contributed by atoms with Gasteiger partial charge in [-0.25, -0.2) is 0 Å². The molecule has 1 unspecified atom stereocenters. The van der Waals surface area contributed by atoms with E-state index in [2.05, 4.69) is 5.32 Å². The molecule has 1 amide bonds. The molecule has 0 saturated carbocycles. The van der Waals surface area contributed by atoms with Crippen LogP contribution in [0.5, 0.6) is 0 Å². The fourth-order valence-electron chi connectivity index (χ4n) is 2.09. The molecule has 2 heterocycles. The van der Waals surface area contributed by atoms with Gasteiger partial charge in [0.1, 0.15) is 0 Å². The van der Waals surface area contributed by atoms with Crippen LogP contribution in [-0.4, -0.2) is 61.2 Å². The molecule has 2 fully saturated rings. The lowest BCUT2D eigenvalue weighted by atomic mass is 10.2. The first kappa shape index (κ1) is 12.2. The van der Waals surface area contributed by atoms with Crippen molar-refractivity contribution in [2.75, 3.05) is 44.4 Å². The summed E-state index contributed by atoms with van der Waals surface area (Å²) < 4.78 is 5.35. The smallest absolute Gasteiger partial charge is 0.224 e. The van der Waals surface area contributed by atoms with E-state index in [0.29, 0.717) is 19.1 Å². The predicted octanol–water partition coefficient (Wildman–Crippen LogP) is 0.330. The number of rotatable bonds is 2. The third-order valence-corrected chi connectivity index (χ3v) is 4.13. The van der Waals surface area contributed by atoms with Crippen molar-refractivity contribution in [2.45, 2.75) is 18.9 Å². The number of carbonyl (C=O) groups is 1. The molecule has 0 radical (unpaired) electrons. The van der Waals surface area contributed by atoms with Crippen LogP contribution in [0.2, 0.25) is 0 Å². The molecule has 2 rings (SSSR count). The van der Waals surface area contributed by atoms with E-state index in [1.54, 1.807) is 0 Å². The van der Waals surface area contributed by atoms with E-state index in [0.717, 1.165) is 38.4 Å². The molecule has 2 aliphatic heterocycles. The summed E-state index contributed by atoms with van der Waals surface area (Å²) in [4.78, 5) is 14.0. The maximum Gasteiger partial charge on any atom is 0.224 e. The van der Waals surface area contributed by atoms with E-state index in [1.807, 2.05) is 16.7 Å². The van der Waals surface area contributed by atoms with Crippen molar-refractivity contribution in [3.8, 4) is 0 Å². The standard InChI is InChI=1S/C11H20N2O2S/c14-11(8-10-9-16-7-2-12-10)13-3-1-5-15-6-4-13/h10,12H,1-9H2. The van der Waals surface area contributed by atoms with Gasteiger partial charge in [0.05, 0.1) is 6.61 Å². The van der Waals surface area contributed by atoms with Gasteiger partial charge >= 0.3 is 0 Å². The van der Waals surface area contributed by atoms with Gasteiger partial charge in [-0.1, -0.05) is 0 Å². The minimum absolute atomic E-state index is 0.283. The van der Waals surface area contributed by atoms with Gasteiger partial charge in [0.15, 0.2) is 0 Å². The second kappa shape index (κ2) is 6.47. The number of hydrogen-bond donors (Lipinski definition) is 1. The summed E-state index contributed by atoms with van der Waals surface area (Å²) in [5, 5.41) is 3.41. The molecule has 4 nitrogen and oxygen atoms in total. The summed E-state index contributed by atoms with van der Waals surface area (Å²) in [6, 6.07) is 0.371. The lowest BCUT2D eigenvalue weighted by Crippen LogP contribution is -2.43. The number of nitrogens with zero attached hydrogens (tertiary/aromatic N) is 1. The maximum atomic E-state index is 12.0. The van der Waals surface area contributed by atoms with Crippen LogP contribution in [0.3, 0.4) is 0 Å². The van der Waals surface area contributed by atoms with Crippen LogP contribution in [0.15, 0.2) is 0 Å². The summed E-state index contributed by atoms with van der Waals surface area (Å²) in [7, 11) is 0. The molecule has 2 aliphatic rings. The highest BCUT2D eigenvalue weighted by atomic mass is 32.2. The number of carbonyl (C=O) groups excluding carboxylic acids is 1. The van der Waals surface area contributed by atoms with Gasteiger partial charge in [-0.3, -0.25) is 4.79 Å². The molecule has 1 N–H and O–H groups in total. The second-order valence-corrected chi connectivity index (χ2v) is 5.43. The molecule has 0 aromatic rings. The molecule has 1 atom stereocenters. The molecule has 0 aromatic heterocycles. The highest BCUT2D eigenvalue weighted by molar-refractivity contribution is 7.99. The van der Waals surface area contributed by atoms with Gasteiger partial charge in [0.25, 0.3) is 0 Å². The monoisotopic (exact) mass is 244 g/mol. The van der Waals surface area contributed by atoms with Crippen molar-refractivity contribution in [3.63, 3.8) is 0 Å². The Bertz CT molecular complexity index is 224. The summed E-state index contributed by atoms with van der Waals surface area (Å²) in [5.41, 5.74) is 0. The topological polar surface area (TPSA) is 41.6 Å². The van der Waals surface area contributed by atoms with Gasteiger partial charge in [-0.15, -0.1) is 0 Å². The van der Waals surface area contributed by atoms with Crippen LogP contribution in [0.4, 0.5) is 0 Å². The van der Waals surface area contributed by atoms with E-state index in [1.165, 1.54) is 5.75 Å². The Labute approximate surface area is 101 Å². The Morgan fingerprint density at radius 1 is 1.44 bits per heavy atom. The zero-order chi connectivity index (χ0) is 11.2. The lowest BCUT2D eigenvalue weighted by Gasteiger charge is -2.26. The summed E-state index contributed by atoms with van der Waals surface area (Å²) >= 11 is 1.94. The van der Waals surface area contributed by atoms with Crippen molar-refractivity contribution < 1.29 is 9.53 Å². The summed E-state index contributed by atoms with van der Waals surface area (Å²) in [6.45, 7) is 4.14. The average Bonchev–Trinajstić information content (AvgIpc) is 2.59. The molecule has 5 heteroatoms. The molecule has 0 aromatic carbocycles. The highest BCUT2D eigenvalue weighted by Crippen LogP contribution is 2.12. The molecule has 2 saturated heterocycles. The number of hydrogen-bond acceptors (Lipinski definition) is 4. The van der Waals surface area contributed by atoms with Gasteiger partial charge in [0.2, 0.25) is 5.91 Å². The molecule has 0 aliphatic carbocycles. The number of ether oxygens (including phenoxy) is 1. The van der Waals surface area contributed by atoms with Gasteiger partial charge < -0.3 is 15.0 Å². The molecule has 16 heavy (non-hydrogen) atoms. The highest BCUT2D eigenvalue weighted by Gasteiger charge is 2.21. The van der Waals surface area contributed by atoms with Gasteiger partial charge in [-0.2, -0.15) is 11.8 Å². The third-order valence-electron chi connectivity index (χ3n) is 2.99. The van der Waals surface area contributed by atoms with Crippen LogP contribution in [-0.2, 0) is 9.53 Å². The second-order valence-electron chi connectivity index (χ2n) is 4.28. The Hall–Kier alpha value is -0.260. The molecular weight excluding hydrogens is 224 g/mol. The maximum absolute atomic E-state index is 12.0. The Morgan fingerprint density at radius 3 is 3.19 bits per heavy atom. The number of amides is 1. The van der Waals surface area contributed by atoms with Crippen molar-refractivity contribution in [2.24, 2.45) is 0 Å². The number of nitrogens with one attached hydrogen (secondary N) is 1. The molecular formula is C11H20N2O2S. The molecule has 0 bridgehead atoms. The quantitative estimate of drug-likeness (QED) is 0.760. The lowest BCUT2D eigenvalue weighted by molar-refractivity contribution is -0.131. The van der Waals surface area contributed by atoms with Crippen LogP contribution < -0.4 is 5.32 Å².